The number of halogens is 1. The van der Waals surface area contributed by atoms with E-state index in [0.717, 1.165) is 0 Å². The van der Waals surface area contributed by atoms with Gasteiger partial charge in [0.1, 0.15) is 0 Å². The fraction of sp³-hybridized carbons (Fsp3) is 0. The summed E-state index contributed by atoms with van der Waals surface area (Å²) >= 11 is 3.61. The first kappa shape index (κ1) is 11.7. The van der Waals surface area contributed by atoms with Crippen molar-refractivity contribution in [3.63, 3.8) is 0 Å². The molecule has 1 aromatic carbocycles. The molecule has 0 bridgehead atoms. The van der Waals surface area contributed by atoms with Gasteiger partial charge >= 0.3 is 0 Å². The summed E-state index contributed by atoms with van der Waals surface area (Å²) in [5.74, 6) is 0. The predicted molar refractivity (Wildman–Crippen MR) is 44.1 cm³/mol. The second kappa shape index (κ2) is 4.94. The van der Waals surface area contributed by atoms with Gasteiger partial charge in [0, 0.05) is 0 Å². The van der Waals surface area contributed by atoms with Crippen molar-refractivity contribution in [1.29, 1.82) is 0 Å². The third-order valence-corrected chi connectivity index (χ3v) is 3.32. The lowest BCUT2D eigenvalue weighted by atomic mass is 10.4. The molecule has 0 unspecified atom stereocenters. The van der Waals surface area contributed by atoms with Crippen LogP contribution in [0.15, 0.2) is 29.0 Å². The highest BCUT2D eigenvalue weighted by Crippen LogP contribution is 2.24. The van der Waals surface area contributed by atoms with Gasteiger partial charge in [-0.3, -0.25) is 0 Å². The van der Waals surface area contributed by atoms with Gasteiger partial charge in [-0.25, -0.2) is 18.6 Å². The van der Waals surface area contributed by atoms with Gasteiger partial charge < -0.3 is 0 Å². The average molecular weight is 253 g/mol. The van der Waals surface area contributed by atoms with E-state index in [1.54, 1.807) is 22.7 Å². The van der Waals surface area contributed by atoms with Gasteiger partial charge in [0.25, 0.3) is 0 Å². The van der Waals surface area contributed by atoms with E-state index < -0.39 is 10.2 Å². The van der Waals surface area contributed by atoms with Crippen LogP contribution in [0.3, 0.4) is 0 Å². The molecule has 0 amide bonds. The molecule has 0 atom stereocenters. The number of fused-ring (bicyclic) bond motifs is 1. The zero-order valence-corrected chi connectivity index (χ0v) is 9.10. The third-order valence-electron chi connectivity index (χ3n) is 1.20. The van der Waals surface area contributed by atoms with E-state index in [1.165, 1.54) is 9.40 Å². The second-order valence-electron chi connectivity index (χ2n) is 2.16. The summed E-state index contributed by atoms with van der Waals surface area (Å²) in [6.07, 6.45) is 0. The largest absolute Gasteiger partial charge is 0.243 e. The Morgan fingerprint density at radius 1 is 1.07 bits per heavy atom. The number of benzene rings is 1. The predicted octanol–water partition coefficient (Wildman–Crippen LogP) is -1.51. The fourth-order valence-electron chi connectivity index (χ4n) is 0.773. The Morgan fingerprint density at radius 3 is 2.21 bits per heavy atom. The van der Waals surface area contributed by atoms with Crippen molar-refractivity contribution in [2.24, 2.45) is 0 Å². The Morgan fingerprint density at radius 2 is 1.64 bits per heavy atom. The van der Waals surface area contributed by atoms with Crippen LogP contribution in [0.2, 0.25) is 0 Å². The minimum atomic E-state index is -4.94. The quantitative estimate of drug-likeness (QED) is 0.533. The van der Waals surface area contributed by atoms with Crippen LogP contribution in [0.5, 0.6) is 0 Å². The van der Waals surface area contributed by atoms with E-state index >= 15 is 0 Å². The Kier molecular flexibility index (Phi) is 4.14. The summed E-state index contributed by atoms with van der Waals surface area (Å²) < 4.78 is 38.9. The smallest absolute Gasteiger partial charge is 0.222 e. The Labute approximate surface area is 90.0 Å². The summed E-state index contributed by atoms with van der Waals surface area (Å²) in [6.45, 7) is 0. The zero-order valence-electron chi connectivity index (χ0n) is 6.71. The summed E-state index contributed by atoms with van der Waals surface area (Å²) in [5.41, 5.74) is 0. The summed E-state index contributed by atoms with van der Waals surface area (Å²) in [4.78, 5) is 0. The molecule has 1 heterocycles. The lowest BCUT2D eigenvalue weighted by molar-refractivity contribution is -2.00. The summed E-state index contributed by atoms with van der Waals surface area (Å²) in [5, 5.41) is 0. The molecule has 0 fully saturated rings. The van der Waals surface area contributed by atoms with Crippen LogP contribution in [0.25, 0.3) is 9.40 Å². The van der Waals surface area contributed by atoms with E-state index in [2.05, 4.69) is 29.0 Å². The van der Waals surface area contributed by atoms with Crippen molar-refractivity contribution in [1.82, 2.24) is 0 Å². The van der Waals surface area contributed by atoms with Crippen LogP contribution >= 0.6 is 22.7 Å². The molecule has 0 N–H and O–H groups in total. The molecule has 7 heteroatoms. The molecule has 0 aliphatic rings. The molecule has 2 rings (SSSR count). The maximum atomic E-state index is 8.49. The minimum Gasteiger partial charge on any atom is -0.222 e. The van der Waals surface area contributed by atoms with Crippen LogP contribution in [-0.2, 0) is 0 Å². The van der Waals surface area contributed by atoms with Gasteiger partial charge in [0.05, 0.1) is 22.7 Å². The molecule has 0 radical (unpaired) electrons. The Balaban J connectivity index is 0.000000171. The van der Waals surface area contributed by atoms with E-state index in [4.69, 9.17) is 18.6 Å². The molecule has 1 aromatic heterocycles. The van der Waals surface area contributed by atoms with Gasteiger partial charge in [-0.2, -0.15) is 0 Å². The van der Waals surface area contributed by atoms with Crippen molar-refractivity contribution >= 4 is 32.1 Å². The third kappa shape index (κ3) is 4.77. The van der Waals surface area contributed by atoms with Crippen molar-refractivity contribution in [3.8, 4) is 0 Å². The molecule has 4 nitrogen and oxygen atoms in total. The number of rotatable bonds is 0. The van der Waals surface area contributed by atoms with Gasteiger partial charge in [-0.15, -0.1) is 10.2 Å². The van der Waals surface area contributed by atoms with Crippen molar-refractivity contribution in [3.05, 3.63) is 29.0 Å². The van der Waals surface area contributed by atoms with Crippen molar-refractivity contribution < 1.29 is 28.9 Å². The molecule has 14 heavy (non-hydrogen) atoms. The Hall–Kier alpha value is -0.340. The molecule has 76 valence electrons. The summed E-state index contributed by atoms with van der Waals surface area (Å²) in [7, 11) is -4.94. The maximum absolute atomic E-state index is 8.49. The lowest BCUT2D eigenvalue weighted by Crippen LogP contribution is -2.68. The molecule has 0 saturated heterocycles. The fourth-order valence-corrected chi connectivity index (χ4v) is 2.77. The highest BCUT2D eigenvalue weighted by molar-refractivity contribution is 7.36. The first-order valence-electron chi connectivity index (χ1n) is 3.32. The molecular formula is C7H5ClO4S2. The van der Waals surface area contributed by atoms with E-state index in [0.29, 0.717) is 0 Å². The van der Waals surface area contributed by atoms with Gasteiger partial charge in [0.15, 0.2) is 9.40 Å². The topological polar surface area (TPSA) is 92.2 Å². The maximum Gasteiger partial charge on any atom is 0.243 e. The highest BCUT2D eigenvalue weighted by atomic mass is 35.7. The van der Waals surface area contributed by atoms with Crippen molar-refractivity contribution in [2.75, 3.05) is 0 Å². The summed E-state index contributed by atoms with van der Waals surface area (Å²) in [6, 6.07) is 8.45. The normalized spacial score (nSPS) is 10.9. The van der Waals surface area contributed by atoms with E-state index in [-0.39, 0.29) is 0 Å². The first-order valence-corrected chi connectivity index (χ1v) is 6.32. The van der Waals surface area contributed by atoms with Crippen molar-refractivity contribution in [2.45, 2.75) is 0 Å². The van der Waals surface area contributed by atoms with E-state index in [1.807, 2.05) is 0 Å². The van der Waals surface area contributed by atoms with E-state index in [9.17, 15) is 0 Å². The number of hydrogen-bond donors (Lipinski definition) is 0. The zero-order chi connectivity index (χ0) is 10.6. The van der Waals surface area contributed by atoms with Gasteiger partial charge in [-0.05, 0) is 12.1 Å². The SMILES string of the molecule is [O-][Cl+3]([O-])([O-])[O-].c1ccc2[s+]csc2c1. The van der Waals surface area contributed by atoms with Crippen LogP contribution in [0.4, 0.5) is 0 Å². The minimum absolute atomic E-state index is 1.39. The van der Waals surface area contributed by atoms with Gasteiger partial charge in [-0.1, -0.05) is 12.1 Å². The lowest BCUT2D eigenvalue weighted by Gasteiger charge is -2.17. The monoisotopic (exact) mass is 252 g/mol. The average Bonchev–Trinajstić information content (AvgIpc) is 2.47. The van der Waals surface area contributed by atoms with Crippen LogP contribution in [0, 0.1) is 10.2 Å². The number of hydrogen-bond acceptors (Lipinski definition) is 5. The molecule has 0 spiro atoms. The molecule has 0 aliphatic carbocycles. The Bertz CT molecular complexity index is 361. The standard InChI is InChI=1S/C7H5S2.ClHO4/c1-2-4-7-6(3-1)8-5-9-7;2-1(3,4)5/h1-5H;(H,2,3,4,5)/q+1;/p-1. The van der Waals surface area contributed by atoms with Crippen LogP contribution in [0.1, 0.15) is 0 Å². The molecule has 2 aromatic rings. The van der Waals surface area contributed by atoms with Crippen LogP contribution in [-0.4, -0.2) is 0 Å². The van der Waals surface area contributed by atoms with Crippen LogP contribution < -0.4 is 18.6 Å². The first-order chi connectivity index (χ1) is 6.47. The molecule has 0 saturated carbocycles. The van der Waals surface area contributed by atoms with Gasteiger partial charge in [0.2, 0.25) is 4.69 Å². The molecular weight excluding hydrogens is 248 g/mol. The highest BCUT2D eigenvalue weighted by Gasteiger charge is 2.01. The molecule has 0 aliphatic heterocycles. The second-order valence-corrected chi connectivity index (χ2v) is 5.03.